The van der Waals surface area contributed by atoms with Crippen molar-refractivity contribution < 1.29 is 5.11 Å². The van der Waals surface area contributed by atoms with Crippen molar-refractivity contribution in [3.05, 3.63) is 70.3 Å². The molecule has 2 aromatic carbocycles. The van der Waals surface area contributed by atoms with Crippen molar-refractivity contribution in [2.75, 3.05) is 0 Å². The van der Waals surface area contributed by atoms with Crippen molar-refractivity contribution in [2.24, 2.45) is 5.92 Å². The van der Waals surface area contributed by atoms with Gasteiger partial charge in [0.2, 0.25) is 0 Å². The van der Waals surface area contributed by atoms with Crippen LogP contribution in [0.5, 0.6) is 0 Å². The highest BCUT2D eigenvalue weighted by molar-refractivity contribution is 5.41. The van der Waals surface area contributed by atoms with Crippen LogP contribution in [0.1, 0.15) is 46.3 Å². The summed E-state index contributed by atoms with van der Waals surface area (Å²) in [6.07, 6.45) is 0.763. The highest BCUT2D eigenvalue weighted by atomic mass is 16.3. The number of aliphatic hydroxyl groups is 1. The zero-order chi connectivity index (χ0) is 14.3. The third-order valence-corrected chi connectivity index (χ3v) is 4.51. The van der Waals surface area contributed by atoms with E-state index in [2.05, 4.69) is 57.2 Å². The molecular weight excluding hydrogens is 244 g/mol. The average Bonchev–Trinajstić information content (AvgIpc) is 3.18. The fourth-order valence-electron chi connectivity index (χ4n) is 3.52. The predicted molar refractivity (Wildman–Crippen MR) is 82.9 cm³/mol. The fourth-order valence-corrected chi connectivity index (χ4v) is 3.52. The lowest BCUT2D eigenvalue weighted by Gasteiger charge is -2.18. The summed E-state index contributed by atoms with van der Waals surface area (Å²) in [7, 11) is 0. The summed E-state index contributed by atoms with van der Waals surface area (Å²) in [5, 5.41) is 10.7. The van der Waals surface area contributed by atoms with Crippen molar-refractivity contribution in [1.29, 1.82) is 0 Å². The highest BCUT2D eigenvalue weighted by Crippen LogP contribution is 2.54. The van der Waals surface area contributed by atoms with Gasteiger partial charge in [-0.15, -0.1) is 0 Å². The van der Waals surface area contributed by atoms with Gasteiger partial charge in [-0.1, -0.05) is 48.0 Å². The number of rotatable bonds is 3. The number of benzene rings is 2. The van der Waals surface area contributed by atoms with Gasteiger partial charge in [0.25, 0.3) is 0 Å². The molecule has 1 saturated carbocycles. The molecule has 0 aromatic heterocycles. The predicted octanol–water partition coefficient (Wildman–Crippen LogP) is 4.45. The molecular formula is C19H22O. The normalized spacial score (nSPS) is 22.6. The van der Waals surface area contributed by atoms with Gasteiger partial charge in [0.1, 0.15) is 0 Å². The molecule has 0 spiro atoms. The van der Waals surface area contributed by atoms with Crippen molar-refractivity contribution >= 4 is 0 Å². The Balaban J connectivity index is 1.84. The van der Waals surface area contributed by atoms with Crippen LogP contribution in [-0.2, 0) is 0 Å². The van der Waals surface area contributed by atoms with E-state index in [1.807, 2.05) is 6.07 Å². The molecule has 0 aliphatic heterocycles. The molecule has 3 unspecified atom stereocenters. The fraction of sp³-hybridized carbons (Fsp3) is 0.368. The van der Waals surface area contributed by atoms with Gasteiger partial charge in [0.05, 0.1) is 6.10 Å². The number of hydrogen-bond donors (Lipinski definition) is 1. The highest BCUT2D eigenvalue weighted by Gasteiger charge is 2.44. The first-order valence-corrected chi connectivity index (χ1v) is 7.38. The second-order valence-electron chi connectivity index (χ2n) is 6.17. The van der Waals surface area contributed by atoms with E-state index in [9.17, 15) is 5.11 Å². The Morgan fingerprint density at radius 2 is 1.60 bits per heavy atom. The quantitative estimate of drug-likeness (QED) is 0.870. The maximum absolute atomic E-state index is 10.7. The molecule has 3 rings (SSSR count). The Hall–Kier alpha value is -1.60. The summed E-state index contributed by atoms with van der Waals surface area (Å²) < 4.78 is 0. The topological polar surface area (TPSA) is 20.2 Å². The minimum absolute atomic E-state index is 0.333. The molecule has 2 aromatic rings. The first-order valence-electron chi connectivity index (χ1n) is 7.38. The van der Waals surface area contributed by atoms with Crippen molar-refractivity contribution in [3.8, 4) is 0 Å². The van der Waals surface area contributed by atoms with Gasteiger partial charge in [0.15, 0.2) is 0 Å². The zero-order valence-corrected chi connectivity index (χ0v) is 12.4. The molecule has 0 radical (unpaired) electrons. The maximum Gasteiger partial charge on any atom is 0.0829 e. The summed E-state index contributed by atoms with van der Waals surface area (Å²) in [5.74, 6) is 0.892. The van der Waals surface area contributed by atoms with E-state index in [4.69, 9.17) is 0 Å². The second kappa shape index (κ2) is 5.06. The Morgan fingerprint density at radius 1 is 1.00 bits per heavy atom. The summed E-state index contributed by atoms with van der Waals surface area (Å²) >= 11 is 0. The first kappa shape index (κ1) is 13.4. The van der Waals surface area contributed by atoms with Crippen LogP contribution in [0.3, 0.4) is 0 Å². The second-order valence-corrected chi connectivity index (χ2v) is 6.17. The standard InChI is InChI=1S/C19H22O/c1-12-9-13(2)18(14(3)10-12)19(20)17-11-16(17)15-7-5-4-6-8-15/h4-10,16-17,19-20H,11H2,1-3H3. The van der Waals surface area contributed by atoms with Gasteiger partial charge in [-0.25, -0.2) is 0 Å². The molecule has 0 amide bonds. The van der Waals surface area contributed by atoms with Crippen LogP contribution in [-0.4, -0.2) is 5.11 Å². The number of aliphatic hydroxyl groups excluding tert-OH is 1. The Morgan fingerprint density at radius 3 is 2.20 bits per heavy atom. The van der Waals surface area contributed by atoms with E-state index in [1.165, 1.54) is 22.3 Å². The lowest BCUT2D eigenvalue weighted by atomic mass is 9.92. The van der Waals surface area contributed by atoms with E-state index in [1.54, 1.807) is 0 Å². The van der Waals surface area contributed by atoms with Gasteiger partial charge < -0.3 is 5.11 Å². The molecule has 104 valence electrons. The zero-order valence-electron chi connectivity index (χ0n) is 12.4. The van der Waals surface area contributed by atoms with Crippen molar-refractivity contribution in [3.63, 3.8) is 0 Å². The molecule has 3 atom stereocenters. The summed E-state index contributed by atoms with van der Waals surface area (Å²) in [6.45, 7) is 6.33. The van der Waals surface area contributed by atoms with Crippen LogP contribution in [0.4, 0.5) is 0 Å². The summed E-state index contributed by atoms with van der Waals surface area (Å²) in [5.41, 5.74) is 6.20. The largest absolute Gasteiger partial charge is 0.388 e. The summed E-state index contributed by atoms with van der Waals surface area (Å²) in [4.78, 5) is 0. The Labute approximate surface area is 121 Å². The lowest BCUT2D eigenvalue weighted by Crippen LogP contribution is -2.06. The third kappa shape index (κ3) is 2.38. The molecule has 1 aliphatic carbocycles. The van der Waals surface area contributed by atoms with Crippen LogP contribution in [0, 0.1) is 26.7 Å². The minimum atomic E-state index is -0.333. The maximum atomic E-state index is 10.7. The molecule has 0 bridgehead atoms. The van der Waals surface area contributed by atoms with Crippen LogP contribution in [0.25, 0.3) is 0 Å². The molecule has 20 heavy (non-hydrogen) atoms. The molecule has 1 nitrogen and oxygen atoms in total. The molecule has 1 aliphatic rings. The van der Waals surface area contributed by atoms with Crippen molar-refractivity contribution in [1.82, 2.24) is 0 Å². The average molecular weight is 266 g/mol. The van der Waals surface area contributed by atoms with E-state index < -0.39 is 0 Å². The first-order chi connectivity index (χ1) is 9.58. The van der Waals surface area contributed by atoms with E-state index in [0.29, 0.717) is 11.8 Å². The molecule has 0 heterocycles. The van der Waals surface area contributed by atoms with E-state index >= 15 is 0 Å². The van der Waals surface area contributed by atoms with Crippen LogP contribution < -0.4 is 0 Å². The molecule has 1 N–H and O–H groups in total. The molecule has 1 fully saturated rings. The van der Waals surface area contributed by atoms with Gasteiger partial charge in [-0.05, 0) is 61.3 Å². The van der Waals surface area contributed by atoms with Gasteiger partial charge in [-0.3, -0.25) is 0 Å². The lowest BCUT2D eigenvalue weighted by molar-refractivity contribution is 0.150. The van der Waals surface area contributed by atoms with E-state index in [-0.39, 0.29) is 6.10 Å². The van der Waals surface area contributed by atoms with Crippen LogP contribution >= 0.6 is 0 Å². The van der Waals surface area contributed by atoms with Gasteiger partial charge in [0, 0.05) is 0 Å². The summed E-state index contributed by atoms with van der Waals surface area (Å²) in [6, 6.07) is 14.9. The SMILES string of the molecule is Cc1cc(C)c(C(O)C2CC2c2ccccc2)c(C)c1. The van der Waals surface area contributed by atoms with Gasteiger partial charge >= 0.3 is 0 Å². The minimum Gasteiger partial charge on any atom is -0.388 e. The monoisotopic (exact) mass is 266 g/mol. The molecule has 0 saturated heterocycles. The van der Waals surface area contributed by atoms with E-state index in [0.717, 1.165) is 12.0 Å². The number of aryl methyl sites for hydroxylation is 3. The molecule has 1 heteroatoms. The Bertz CT molecular complexity index is 592. The van der Waals surface area contributed by atoms with Crippen LogP contribution in [0.15, 0.2) is 42.5 Å². The third-order valence-electron chi connectivity index (χ3n) is 4.51. The van der Waals surface area contributed by atoms with Crippen LogP contribution in [0.2, 0.25) is 0 Å². The van der Waals surface area contributed by atoms with Crippen molar-refractivity contribution in [2.45, 2.75) is 39.2 Å². The Kier molecular flexibility index (Phi) is 3.39. The number of hydrogen-bond acceptors (Lipinski definition) is 1. The van der Waals surface area contributed by atoms with Gasteiger partial charge in [-0.2, -0.15) is 0 Å². The smallest absolute Gasteiger partial charge is 0.0829 e.